The molecule has 0 aliphatic heterocycles. The van der Waals surface area contributed by atoms with Crippen LogP contribution in [0.3, 0.4) is 0 Å². The van der Waals surface area contributed by atoms with Crippen molar-refractivity contribution in [1.82, 2.24) is 4.98 Å². The van der Waals surface area contributed by atoms with E-state index >= 15 is 0 Å². The van der Waals surface area contributed by atoms with Gasteiger partial charge in [-0.05, 0) is 24.3 Å². The van der Waals surface area contributed by atoms with Gasteiger partial charge in [0.2, 0.25) is 0 Å². The standard InChI is InChI=1S/C16H8Cl2N2/c17-12-5-3-6-13(18)16(12)11-8-10-4-1-2-7-14(10)20-15(11)9-19/h1-8H. The molecule has 0 fully saturated rings. The van der Waals surface area contributed by atoms with Crippen LogP contribution >= 0.6 is 23.2 Å². The van der Waals surface area contributed by atoms with Crippen molar-refractivity contribution in [3.05, 3.63) is 64.3 Å². The van der Waals surface area contributed by atoms with Gasteiger partial charge in [0.05, 0.1) is 5.52 Å². The third kappa shape index (κ3) is 2.12. The van der Waals surface area contributed by atoms with Crippen molar-refractivity contribution in [1.29, 1.82) is 5.26 Å². The summed E-state index contributed by atoms with van der Waals surface area (Å²) in [5.41, 5.74) is 2.39. The van der Waals surface area contributed by atoms with Gasteiger partial charge in [0.25, 0.3) is 0 Å². The number of nitrogens with zero attached hydrogens (tertiary/aromatic N) is 2. The fourth-order valence-corrected chi connectivity index (χ4v) is 2.75. The Bertz CT molecular complexity index is 830. The first-order chi connectivity index (χ1) is 9.70. The minimum atomic E-state index is 0.318. The molecule has 3 rings (SSSR count). The normalized spacial score (nSPS) is 10.4. The number of para-hydroxylation sites is 1. The monoisotopic (exact) mass is 298 g/mol. The van der Waals surface area contributed by atoms with Gasteiger partial charge in [-0.15, -0.1) is 0 Å². The van der Waals surface area contributed by atoms with Gasteiger partial charge in [-0.25, -0.2) is 4.98 Å². The van der Waals surface area contributed by atoms with E-state index in [4.69, 9.17) is 23.2 Å². The topological polar surface area (TPSA) is 36.7 Å². The Kier molecular flexibility index (Phi) is 3.31. The van der Waals surface area contributed by atoms with Gasteiger partial charge in [-0.2, -0.15) is 5.26 Å². The number of halogens is 2. The number of rotatable bonds is 1. The molecule has 0 atom stereocenters. The van der Waals surface area contributed by atoms with Crippen LogP contribution < -0.4 is 0 Å². The summed E-state index contributed by atoms with van der Waals surface area (Å²) in [6.07, 6.45) is 0. The highest BCUT2D eigenvalue weighted by Crippen LogP contribution is 2.37. The lowest BCUT2D eigenvalue weighted by Gasteiger charge is -2.09. The molecule has 4 heteroatoms. The molecule has 0 N–H and O–H groups in total. The van der Waals surface area contributed by atoms with Crippen LogP contribution in [-0.2, 0) is 0 Å². The van der Waals surface area contributed by atoms with Crippen LogP contribution in [0.4, 0.5) is 0 Å². The van der Waals surface area contributed by atoms with Gasteiger partial charge in [0.15, 0.2) is 0 Å². The van der Waals surface area contributed by atoms with Crippen LogP contribution in [0.5, 0.6) is 0 Å². The average molecular weight is 299 g/mol. The lowest BCUT2D eigenvalue weighted by molar-refractivity contribution is 1.32. The lowest BCUT2D eigenvalue weighted by atomic mass is 10.0. The van der Waals surface area contributed by atoms with E-state index in [0.29, 0.717) is 26.9 Å². The van der Waals surface area contributed by atoms with Gasteiger partial charge in [0.1, 0.15) is 11.8 Å². The SMILES string of the molecule is N#Cc1nc2ccccc2cc1-c1c(Cl)cccc1Cl. The first-order valence-electron chi connectivity index (χ1n) is 5.95. The molecule has 0 amide bonds. The molecule has 0 saturated carbocycles. The highest BCUT2D eigenvalue weighted by molar-refractivity contribution is 6.39. The van der Waals surface area contributed by atoms with Crippen LogP contribution in [0, 0.1) is 11.3 Å². The maximum Gasteiger partial charge on any atom is 0.149 e. The van der Waals surface area contributed by atoms with Gasteiger partial charge < -0.3 is 0 Å². The highest BCUT2D eigenvalue weighted by Gasteiger charge is 2.14. The van der Waals surface area contributed by atoms with Crippen molar-refractivity contribution >= 4 is 34.1 Å². The molecule has 0 radical (unpaired) electrons. The van der Waals surface area contributed by atoms with Crippen molar-refractivity contribution < 1.29 is 0 Å². The number of hydrogen-bond acceptors (Lipinski definition) is 2. The van der Waals surface area contributed by atoms with Crippen LogP contribution in [0.1, 0.15) is 5.69 Å². The predicted octanol–water partition coefficient (Wildman–Crippen LogP) is 5.08. The third-order valence-electron chi connectivity index (χ3n) is 3.06. The number of fused-ring (bicyclic) bond motifs is 1. The molecule has 20 heavy (non-hydrogen) atoms. The quantitative estimate of drug-likeness (QED) is 0.628. The summed E-state index contributed by atoms with van der Waals surface area (Å²) in [4.78, 5) is 4.37. The smallest absolute Gasteiger partial charge is 0.149 e. The van der Waals surface area contributed by atoms with E-state index < -0.39 is 0 Å². The Hall–Kier alpha value is -2.08. The van der Waals surface area contributed by atoms with Crippen molar-refractivity contribution in [2.45, 2.75) is 0 Å². The minimum Gasteiger partial charge on any atom is -0.236 e. The summed E-state index contributed by atoms with van der Waals surface area (Å²) in [5, 5.41) is 11.3. The molecule has 96 valence electrons. The van der Waals surface area contributed by atoms with E-state index in [1.807, 2.05) is 30.3 Å². The van der Waals surface area contributed by atoms with E-state index in [-0.39, 0.29) is 0 Å². The molecule has 2 aromatic carbocycles. The number of aromatic nitrogens is 1. The summed E-state index contributed by atoms with van der Waals surface area (Å²) >= 11 is 12.4. The summed E-state index contributed by atoms with van der Waals surface area (Å²) in [5.74, 6) is 0. The van der Waals surface area contributed by atoms with E-state index in [1.54, 1.807) is 18.2 Å². The number of nitriles is 1. The van der Waals surface area contributed by atoms with Crippen molar-refractivity contribution in [3.63, 3.8) is 0 Å². The molecule has 1 heterocycles. The van der Waals surface area contributed by atoms with Crippen molar-refractivity contribution in [2.75, 3.05) is 0 Å². The van der Waals surface area contributed by atoms with E-state index in [1.165, 1.54) is 0 Å². The summed E-state index contributed by atoms with van der Waals surface area (Å²) in [6.45, 7) is 0. The van der Waals surface area contributed by atoms with Crippen LogP contribution in [-0.4, -0.2) is 4.98 Å². The molecular weight excluding hydrogens is 291 g/mol. The highest BCUT2D eigenvalue weighted by atomic mass is 35.5. The summed E-state index contributed by atoms with van der Waals surface area (Å²) in [7, 11) is 0. The molecule has 0 bridgehead atoms. The van der Waals surface area contributed by atoms with Crippen LogP contribution in [0.15, 0.2) is 48.5 Å². The Morgan fingerprint density at radius 2 is 1.65 bits per heavy atom. The molecule has 0 saturated heterocycles. The lowest BCUT2D eigenvalue weighted by Crippen LogP contribution is -1.92. The molecule has 0 aliphatic rings. The number of benzene rings is 2. The van der Waals surface area contributed by atoms with Gasteiger partial charge in [-0.1, -0.05) is 47.5 Å². The fourth-order valence-electron chi connectivity index (χ4n) is 2.15. The van der Waals surface area contributed by atoms with Gasteiger partial charge in [-0.3, -0.25) is 0 Å². The molecule has 3 aromatic rings. The first-order valence-corrected chi connectivity index (χ1v) is 6.70. The zero-order valence-electron chi connectivity index (χ0n) is 10.3. The van der Waals surface area contributed by atoms with E-state index in [9.17, 15) is 5.26 Å². The van der Waals surface area contributed by atoms with Crippen molar-refractivity contribution in [2.24, 2.45) is 0 Å². The molecule has 0 unspecified atom stereocenters. The second-order valence-electron chi connectivity index (χ2n) is 4.29. The molecule has 2 nitrogen and oxygen atoms in total. The minimum absolute atomic E-state index is 0.318. The molecule has 0 spiro atoms. The maximum absolute atomic E-state index is 9.32. The third-order valence-corrected chi connectivity index (χ3v) is 3.69. The van der Waals surface area contributed by atoms with Gasteiger partial charge >= 0.3 is 0 Å². The zero-order valence-corrected chi connectivity index (χ0v) is 11.8. The summed E-state index contributed by atoms with van der Waals surface area (Å²) in [6, 6.07) is 16.9. The summed E-state index contributed by atoms with van der Waals surface area (Å²) < 4.78 is 0. The maximum atomic E-state index is 9.32. The van der Waals surface area contributed by atoms with E-state index in [2.05, 4.69) is 11.1 Å². The average Bonchev–Trinajstić information content (AvgIpc) is 2.46. The number of pyridine rings is 1. The molecular formula is C16H8Cl2N2. The largest absolute Gasteiger partial charge is 0.236 e. The Morgan fingerprint density at radius 3 is 2.35 bits per heavy atom. The van der Waals surface area contributed by atoms with Crippen LogP contribution in [0.25, 0.3) is 22.0 Å². The second-order valence-corrected chi connectivity index (χ2v) is 5.10. The molecule has 1 aromatic heterocycles. The molecule has 0 aliphatic carbocycles. The zero-order chi connectivity index (χ0) is 14.1. The number of hydrogen-bond donors (Lipinski definition) is 0. The fraction of sp³-hybridized carbons (Fsp3) is 0. The second kappa shape index (κ2) is 5.13. The van der Waals surface area contributed by atoms with E-state index in [0.717, 1.165) is 10.9 Å². The Balaban J connectivity index is 2.39. The first kappa shape index (κ1) is 12.9. The van der Waals surface area contributed by atoms with Crippen molar-refractivity contribution in [3.8, 4) is 17.2 Å². The van der Waals surface area contributed by atoms with Gasteiger partial charge in [0, 0.05) is 26.6 Å². The predicted molar refractivity (Wildman–Crippen MR) is 81.9 cm³/mol. The Labute approximate surface area is 126 Å². The Morgan fingerprint density at radius 1 is 0.950 bits per heavy atom. The van der Waals surface area contributed by atoms with Crippen LogP contribution in [0.2, 0.25) is 10.0 Å².